The van der Waals surface area contributed by atoms with Gasteiger partial charge in [0.15, 0.2) is 0 Å². The van der Waals surface area contributed by atoms with Crippen molar-refractivity contribution >= 4 is 34.1 Å². The number of carbonyl (C=O) groups is 1. The maximum atomic E-state index is 14.0. The van der Waals surface area contributed by atoms with Gasteiger partial charge in [-0.1, -0.05) is 71.8 Å². The van der Waals surface area contributed by atoms with E-state index in [4.69, 9.17) is 11.6 Å². The molecule has 1 heterocycles. The second-order valence-electron chi connectivity index (χ2n) is 8.62. The molecule has 0 fully saturated rings. The Morgan fingerprint density at radius 3 is 2.39 bits per heavy atom. The first-order valence-electron chi connectivity index (χ1n) is 11.4. The molecule has 178 valence electrons. The fraction of sp³-hybridized carbons (Fsp3) is 0.0667. The van der Waals surface area contributed by atoms with Crippen LogP contribution < -0.4 is 10.9 Å². The van der Waals surface area contributed by atoms with Gasteiger partial charge in [0, 0.05) is 21.7 Å². The molecule has 0 saturated heterocycles. The third kappa shape index (κ3) is 4.66. The zero-order valence-corrected chi connectivity index (χ0v) is 20.2. The number of pyridine rings is 1. The highest BCUT2D eigenvalue weighted by atomic mass is 35.5. The molecule has 6 heteroatoms. The zero-order valence-electron chi connectivity index (χ0n) is 19.5. The Morgan fingerprint density at radius 2 is 1.67 bits per heavy atom. The minimum Gasteiger partial charge on any atom is -0.322 e. The monoisotopic (exact) mass is 496 g/mol. The lowest BCUT2D eigenvalue weighted by Gasteiger charge is -2.19. The number of rotatable bonds is 5. The van der Waals surface area contributed by atoms with E-state index in [9.17, 15) is 14.0 Å². The lowest BCUT2D eigenvalue weighted by atomic mass is 9.95. The van der Waals surface area contributed by atoms with Crippen LogP contribution in [0.3, 0.4) is 0 Å². The number of hydrogen-bond acceptors (Lipinski definition) is 2. The minimum atomic E-state index is -0.578. The molecule has 0 atom stereocenters. The molecule has 4 aromatic carbocycles. The molecule has 0 saturated carbocycles. The van der Waals surface area contributed by atoms with Crippen molar-refractivity contribution in [2.45, 2.75) is 13.5 Å². The number of fused-ring (bicyclic) bond motifs is 1. The van der Waals surface area contributed by atoms with Gasteiger partial charge in [-0.15, -0.1) is 0 Å². The summed E-state index contributed by atoms with van der Waals surface area (Å²) in [7, 11) is 0. The van der Waals surface area contributed by atoms with Crippen LogP contribution in [0.5, 0.6) is 0 Å². The van der Waals surface area contributed by atoms with Crippen molar-refractivity contribution in [2.75, 3.05) is 5.32 Å². The number of nitrogens with one attached hydrogen (secondary N) is 1. The Morgan fingerprint density at radius 1 is 0.917 bits per heavy atom. The maximum absolute atomic E-state index is 14.0. The highest BCUT2D eigenvalue weighted by molar-refractivity contribution is 6.31. The molecule has 0 spiro atoms. The SMILES string of the molecule is Cc1cccc(Cn2c(=O)c(C(=O)Nc3ccc(F)cc3)c(-c3ccccc3)c3cc(Cl)ccc32)c1. The van der Waals surface area contributed by atoms with Gasteiger partial charge in [-0.05, 0) is 60.5 Å². The lowest BCUT2D eigenvalue weighted by Crippen LogP contribution is -2.31. The van der Waals surface area contributed by atoms with E-state index in [1.165, 1.54) is 24.3 Å². The molecule has 5 aromatic rings. The summed E-state index contributed by atoms with van der Waals surface area (Å²) in [5.74, 6) is -0.996. The highest BCUT2D eigenvalue weighted by Gasteiger charge is 2.24. The van der Waals surface area contributed by atoms with Crippen LogP contribution in [0.1, 0.15) is 21.5 Å². The number of halogens is 2. The van der Waals surface area contributed by atoms with Gasteiger partial charge in [0.2, 0.25) is 0 Å². The van der Waals surface area contributed by atoms with Crippen LogP contribution in [0.15, 0.2) is 102 Å². The Balaban J connectivity index is 1.78. The number of benzene rings is 4. The predicted octanol–water partition coefficient (Wildman–Crippen LogP) is 7.07. The van der Waals surface area contributed by atoms with E-state index in [-0.39, 0.29) is 12.1 Å². The molecule has 0 aliphatic heterocycles. The van der Waals surface area contributed by atoms with Gasteiger partial charge in [-0.2, -0.15) is 0 Å². The second kappa shape index (κ2) is 9.80. The molecule has 0 radical (unpaired) electrons. The van der Waals surface area contributed by atoms with Crippen molar-refractivity contribution in [1.82, 2.24) is 4.57 Å². The average Bonchev–Trinajstić information content (AvgIpc) is 2.87. The van der Waals surface area contributed by atoms with Gasteiger partial charge in [0.1, 0.15) is 11.4 Å². The molecule has 1 amide bonds. The number of aryl methyl sites for hydroxylation is 1. The first kappa shape index (κ1) is 23.5. The molecular formula is C30H22ClFN2O2. The largest absolute Gasteiger partial charge is 0.322 e. The minimum absolute atomic E-state index is 0.00653. The molecule has 0 bridgehead atoms. The maximum Gasteiger partial charge on any atom is 0.264 e. The van der Waals surface area contributed by atoms with Gasteiger partial charge >= 0.3 is 0 Å². The van der Waals surface area contributed by atoms with Crippen LogP contribution in [0.25, 0.3) is 22.0 Å². The van der Waals surface area contributed by atoms with E-state index in [1.54, 1.807) is 16.7 Å². The third-order valence-electron chi connectivity index (χ3n) is 6.04. The summed E-state index contributed by atoms with van der Waals surface area (Å²) in [6.45, 7) is 2.27. The fourth-order valence-electron chi connectivity index (χ4n) is 4.42. The Labute approximate surface area is 212 Å². The number of carbonyl (C=O) groups excluding carboxylic acids is 1. The summed E-state index contributed by atoms with van der Waals surface area (Å²) in [6.07, 6.45) is 0. The Hall–Kier alpha value is -4.22. The van der Waals surface area contributed by atoms with Crippen LogP contribution >= 0.6 is 11.6 Å². The fourth-order valence-corrected chi connectivity index (χ4v) is 4.59. The smallest absolute Gasteiger partial charge is 0.264 e. The molecule has 0 unspecified atom stereocenters. The quantitative estimate of drug-likeness (QED) is 0.283. The summed E-state index contributed by atoms with van der Waals surface area (Å²) in [5, 5.41) is 3.94. The van der Waals surface area contributed by atoms with Crippen molar-refractivity contribution in [2.24, 2.45) is 0 Å². The van der Waals surface area contributed by atoms with Crippen molar-refractivity contribution in [3.8, 4) is 11.1 Å². The lowest BCUT2D eigenvalue weighted by molar-refractivity contribution is 0.102. The molecular weight excluding hydrogens is 475 g/mol. The topological polar surface area (TPSA) is 51.1 Å². The van der Waals surface area contributed by atoms with Crippen molar-refractivity contribution in [1.29, 1.82) is 0 Å². The molecule has 1 aromatic heterocycles. The van der Waals surface area contributed by atoms with Crippen molar-refractivity contribution in [3.05, 3.63) is 135 Å². The van der Waals surface area contributed by atoms with Gasteiger partial charge in [0.25, 0.3) is 11.5 Å². The number of aromatic nitrogens is 1. The zero-order chi connectivity index (χ0) is 25.2. The van der Waals surface area contributed by atoms with Crippen LogP contribution in [0.4, 0.5) is 10.1 Å². The van der Waals surface area contributed by atoms with Gasteiger partial charge in [-0.25, -0.2) is 4.39 Å². The standard InChI is InChI=1S/C30H22ClFN2O2/c1-19-6-5-7-20(16-19)18-34-26-15-10-22(31)17-25(26)27(21-8-3-2-4-9-21)28(30(34)36)29(35)33-24-13-11-23(32)12-14-24/h2-17H,18H2,1H3,(H,33,35). The van der Waals surface area contributed by atoms with E-state index < -0.39 is 17.3 Å². The van der Waals surface area contributed by atoms with Gasteiger partial charge in [-0.3, -0.25) is 9.59 Å². The van der Waals surface area contributed by atoms with Crippen LogP contribution in [0, 0.1) is 12.7 Å². The molecule has 36 heavy (non-hydrogen) atoms. The number of nitrogens with zero attached hydrogens (tertiary/aromatic N) is 1. The van der Waals surface area contributed by atoms with Gasteiger partial charge < -0.3 is 9.88 Å². The van der Waals surface area contributed by atoms with E-state index in [2.05, 4.69) is 5.32 Å². The first-order chi connectivity index (χ1) is 17.4. The Kier molecular flexibility index (Phi) is 6.40. The first-order valence-corrected chi connectivity index (χ1v) is 11.8. The molecule has 0 aliphatic rings. The van der Waals surface area contributed by atoms with E-state index in [1.807, 2.05) is 67.6 Å². The normalized spacial score (nSPS) is 11.0. The predicted molar refractivity (Wildman–Crippen MR) is 143 cm³/mol. The van der Waals surface area contributed by atoms with Crippen LogP contribution in [-0.2, 0) is 6.54 Å². The summed E-state index contributed by atoms with van der Waals surface area (Å²) < 4.78 is 15.0. The molecule has 0 aliphatic carbocycles. The van der Waals surface area contributed by atoms with E-state index in [0.717, 1.165) is 11.1 Å². The molecule has 4 nitrogen and oxygen atoms in total. The summed E-state index contributed by atoms with van der Waals surface area (Å²) in [4.78, 5) is 27.7. The van der Waals surface area contributed by atoms with Gasteiger partial charge in [0.05, 0.1) is 12.1 Å². The summed E-state index contributed by atoms with van der Waals surface area (Å²) in [6, 6.07) is 27.9. The second-order valence-corrected chi connectivity index (χ2v) is 9.06. The highest BCUT2D eigenvalue weighted by Crippen LogP contribution is 2.33. The number of anilines is 1. The van der Waals surface area contributed by atoms with Crippen molar-refractivity contribution in [3.63, 3.8) is 0 Å². The van der Waals surface area contributed by atoms with Crippen LogP contribution in [0.2, 0.25) is 5.02 Å². The van der Waals surface area contributed by atoms with Crippen molar-refractivity contribution < 1.29 is 9.18 Å². The Bertz CT molecular complexity index is 1640. The van der Waals surface area contributed by atoms with E-state index in [0.29, 0.717) is 32.7 Å². The average molecular weight is 497 g/mol. The summed E-state index contributed by atoms with van der Waals surface area (Å²) >= 11 is 6.40. The summed E-state index contributed by atoms with van der Waals surface area (Å²) in [5.41, 5.74) is 3.85. The van der Waals surface area contributed by atoms with Crippen LogP contribution in [-0.4, -0.2) is 10.5 Å². The van der Waals surface area contributed by atoms with E-state index >= 15 is 0 Å². The molecule has 1 N–H and O–H groups in total. The number of hydrogen-bond donors (Lipinski definition) is 1. The number of amides is 1. The third-order valence-corrected chi connectivity index (χ3v) is 6.28. The molecule has 5 rings (SSSR count).